The molecule has 0 aromatic rings. The zero-order valence-electron chi connectivity index (χ0n) is 22.0. The maximum atomic E-state index is 9.31. The van der Waals surface area contributed by atoms with Gasteiger partial charge in [0.2, 0.25) is 0 Å². The third kappa shape index (κ3) is 24.9. The molecule has 0 amide bonds. The minimum Gasteiger partial charge on any atom is -1.00 e. The molecule has 0 rings (SSSR count). The van der Waals surface area contributed by atoms with Crippen molar-refractivity contribution in [3.05, 3.63) is 0 Å². The van der Waals surface area contributed by atoms with Gasteiger partial charge in [0.05, 0.1) is 26.7 Å². The first-order valence-corrected chi connectivity index (χ1v) is 14.1. The van der Waals surface area contributed by atoms with Gasteiger partial charge in [-0.1, -0.05) is 117 Å². The van der Waals surface area contributed by atoms with Crippen LogP contribution in [-0.2, 0) is 0 Å². The Morgan fingerprint density at radius 3 is 0.968 bits per heavy atom. The molecule has 0 aliphatic carbocycles. The summed E-state index contributed by atoms with van der Waals surface area (Å²) in [6.07, 6.45) is 29.3. The molecule has 1 N–H and O–H groups in total. The zero-order chi connectivity index (χ0) is 22.2. The van der Waals surface area contributed by atoms with Gasteiger partial charge in [0.1, 0.15) is 0 Å². The standard InChI is InChI=1S/C28H60NO.BrH/c1-4-6-8-10-12-14-16-18-20-22-25-29(3,27-24-28-30)26-23-21-19-17-15-13-11-9-7-5-2;/h30H,4-28H2,1-3H3;1H/q+1;/p-1. The minimum absolute atomic E-state index is 0. The molecule has 0 aromatic heterocycles. The van der Waals surface area contributed by atoms with Crippen molar-refractivity contribution in [2.24, 2.45) is 0 Å². The van der Waals surface area contributed by atoms with Crippen molar-refractivity contribution < 1.29 is 26.6 Å². The molecule has 190 valence electrons. The number of hydrogen-bond donors (Lipinski definition) is 1. The summed E-state index contributed by atoms with van der Waals surface area (Å²) in [7, 11) is 2.44. The second-order valence-corrected chi connectivity index (χ2v) is 10.2. The van der Waals surface area contributed by atoms with Gasteiger partial charge in [0.25, 0.3) is 0 Å². The number of aliphatic hydroxyl groups is 1. The van der Waals surface area contributed by atoms with E-state index in [4.69, 9.17) is 0 Å². The molecule has 0 radical (unpaired) electrons. The molecule has 0 heterocycles. The highest BCUT2D eigenvalue weighted by molar-refractivity contribution is 4.51. The van der Waals surface area contributed by atoms with Crippen molar-refractivity contribution in [1.29, 1.82) is 0 Å². The number of hydrogen-bond acceptors (Lipinski definition) is 1. The second kappa shape index (κ2) is 26.7. The Morgan fingerprint density at radius 1 is 0.419 bits per heavy atom. The average Bonchev–Trinajstić information content (AvgIpc) is 2.75. The van der Waals surface area contributed by atoms with Crippen molar-refractivity contribution in [2.45, 2.75) is 149 Å². The first-order chi connectivity index (χ1) is 14.7. The van der Waals surface area contributed by atoms with Crippen LogP contribution in [0.25, 0.3) is 0 Å². The van der Waals surface area contributed by atoms with E-state index in [1.807, 2.05) is 0 Å². The highest BCUT2D eigenvalue weighted by atomic mass is 79.9. The number of halogens is 1. The van der Waals surface area contributed by atoms with E-state index in [9.17, 15) is 5.11 Å². The van der Waals surface area contributed by atoms with E-state index in [-0.39, 0.29) is 17.0 Å². The Bertz CT molecular complexity index is 300. The van der Waals surface area contributed by atoms with Crippen LogP contribution in [0.1, 0.15) is 149 Å². The van der Waals surface area contributed by atoms with Gasteiger partial charge >= 0.3 is 0 Å². The molecule has 0 aliphatic rings. The first-order valence-electron chi connectivity index (χ1n) is 14.1. The molecule has 0 bridgehead atoms. The van der Waals surface area contributed by atoms with Crippen LogP contribution in [0.5, 0.6) is 0 Å². The minimum atomic E-state index is 0. The maximum absolute atomic E-state index is 9.31. The monoisotopic (exact) mass is 505 g/mol. The molecule has 0 aromatic carbocycles. The Labute approximate surface area is 208 Å². The van der Waals surface area contributed by atoms with Crippen molar-refractivity contribution in [3.63, 3.8) is 0 Å². The van der Waals surface area contributed by atoms with Crippen LogP contribution in [-0.4, -0.2) is 42.9 Å². The molecule has 31 heavy (non-hydrogen) atoms. The average molecular weight is 507 g/mol. The SMILES string of the molecule is CCCCCCCCCCCC[N+](C)(CCCO)CCCCCCCCCCCC.[Br-]. The van der Waals surface area contributed by atoms with Crippen LogP contribution in [0.4, 0.5) is 0 Å². The van der Waals surface area contributed by atoms with Crippen LogP contribution >= 0.6 is 0 Å². The molecule has 0 unspecified atom stereocenters. The zero-order valence-corrected chi connectivity index (χ0v) is 23.5. The van der Waals surface area contributed by atoms with E-state index in [1.165, 1.54) is 146 Å². The number of unbranched alkanes of at least 4 members (excludes halogenated alkanes) is 18. The fraction of sp³-hybridized carbons (Fsp3) is 1.00. The van der Waals surface area contributed by atoms with Crippen molar-refractivity contribution in [3.8, 4) is 0 Å². The summed E-state index contributed by atoms with van der Waals surface area (Å²) in [5, 5.41) is 9.31. The smallest absolute Gasteiger partial charge is 0.0806 e. The summed E-state index contributed by atoms with van der Waals surface area (Å²) < 4.78 is 1.19. The number of rotatable bonds is 25. The Hall–Kier alpha value is 0.400. The lowest BCUT2D eigenvalue weighted by molar-refractivity contribution is -0.910. The van der Waals surface area contributed by atoms with E-state index >= 15 is 0 Å². The highest BCUT2D eigenvalue weighted by Crippen LogP contribution is 2.16. The van der Waals surface area contributed by atoms with E-state index in [1.54, 1.807) is 0 Å². The Kier molecular flexibility index (Phi) is 28.9. The van der Waals surface area contributed by atoms with Gasteiger partial charge in [-0.15, -0.1) is 0 Å². The Morgan fingerprint density at radius 2 is 0.677 bits per heavy atom. The number of quaternary nitrogens is 1. The lowest BCUT2D eigenvalue weighted by atomic mass is 10.1. The van der Waals surface area contributed by atoms with Gasteiger partial charge in [-0.2, -0.15) is 0 Å². The van der Waals surface area contributed by atoms with E-state index < -0.39 is 0 Å². The van der Waals surface area contributed by atoms with Crippen molar-refractivity contribution in [2.75, 3.05) is 33.3 Å². The maximum Gasteiger partial charge on any atom is 0.0806 e. The van der Waals surface area contributed by atoms with Gasteiger partial charge in [0.15, 0.2) is 0 Å². The molecule has 0 spiro atoms. The lowest BCUT2D eigenvalue weighted by Crippen LogP contribution is -3.00. The summed E-state index contributed by atoms with van der Waals surface area (Å²) in [4.78, 5) is 0. The molecular weight excluding hydrogens is 446 g/mol. The quantitative estimate of drug-likeness (QED) is 0.125. The van der Waals surface area contributed by atoms with Crippen molar-refractivity contribution >= 4 is 0 Å². The van der Waals surface area contributed by atoms with Gasteiger partial charge in [-0.25, -0.2) is 0 Å². The fourth-order valence-electron chi connectivity index (χ4n) is 4.75. The van der Waals surface area contributed by atoms with Gasteiger partial charge in [-0.05, 0) is 25.7 Å². The molecule has 2 nitrogen and oxygen atoms in total. The van der Waals surface area contributed by atoms with Gasteiger partial charge < -0.3 is 26.6 Å². The summed E-state index contributed by atoms with van der Waals surface area (Å²) >= 11 is 0. The Balaban J connectivity index is 0. The van der Waals surface area contributed by atoms with Crippen LogP contribution in [0.15, 0.2) is 0 Å². The van der Waals surface area contributed by atoms with Crippen LogP contribution in [0, 0.1) is 0 Å². The van der Waals surface area contributed by atoms with Crippen molar-refractivity contribution in [1.82, 2.24) is 0 Å². The van der Waals surface area contributed by atoms with E-state index in [0.29, 0.717) is 6.61 Å². The third-order valence-corrected chi connectivity index (χ3v) is 6.96. The molecular formula is C28H60BrNO. The van der Waals surface area contributed by atoms with Crippen LogP contribution in [0.3, 0.4) is 0 Å². The number of aliphatic hydroxyl groups excluding tert-OH is 1. The van der Waals surface area contributed by atoms with Gasteiger partial charge in [-0.3, -0.25) is 0 Å². The molecule has 3 heteroatoms. The largest absolute Gasteiger partial charge is 1.00 e. The summed E-state index contributed by atoms with van der Waals surface area (Å²) in [6, 6.07) is 0. The fourth-order valence-corrected chi connectivity index (χ4v) is 4.75. The van der Waals surface area contributed by atoms with E-state index in [0.717, 1.165) is 13.0 Å². The summed E-state index contributed by atoms with van der Waals surface area (Å²) in [6.45, 7) is 8.73. The molecule has 0 fully saturated rings. The summed E-state index contributed by atoms with van der Waals surface area (Å²) in [5.74, 6) is 0. The van der Waals surface area contributed by atoms with Gasteiger partial charge in [0, 0.05) is 13.0 Å². The summed E-state index contributed by atoms with van der Waals surface area (Å²) in [5.41, 5.74) is 0. The highest BCUT2D eigenvalue weighted by Gasteiger charge is 2.19. The third-order valence-electron chi connectivity index (χ3n) is 6.96. The second-order valence-electron chi connectivity index (χ2n) is 10.2. The van der Waals surface area contributed by atoms with Crippen LogP contribution < -0.4 is 17.0 Å². The molecule has 0 saturated heterocycles. The molecule has 0 saturated carbocycles. The normalized spacial score (nSPS) is 11.6. The number of nitrogens with zero attached hydrogens (tertiary/aromatic N) is 1. The van der Waals surface area contributed by atoms with Crippen LogP contribution in [0.2, 0.25) is 0 Å². The molecule has 0 aliphatic heterocycles. The first kappa shape index (κ1) is 33.6. The molecule has 0 atom stereocenters. The predicted octanol–water partition coefficient (Wildman–Crippen LogP) is 5.66. The predicted molar refractivity (Wildman–Crippen MR) is 136 cm³/mol. The van der Waals surface area contributed by atoms with E-state index in [2.05, 4.69) is 20.9 Å². The lowest BCUT2D eigenvalue weighted by Gasteiger charge is -2.35. The topological polar surface area (TPSA) is 20.2 Å².